The van der Waals surface area contributed by atoms with Crippen molar-refractivity contribution in [2.45, 2.75) is 18.4 Å². The number of carbonyl (C=O) groups excluding carboxylic acids is 2. The maximum absolute atomic E-state index is 12.9. The first-order valence-electron chi connectivity index (χ1n) is 10.1. The number of hydrogen-bond donors (Lipinski definition) is 0. The minimum absolute atomic E-state index is 0.0399. The van der Waals surface area contributed by atoms with Crippen molar-refractivity contribution in [2.75, 3.05) is 13.3 Å². The Kier molecular flexibility index (Phi) is 5.12. The molecule has 1 atom stereocenters. The molecule has 31 heavy (non-hydrogen) atoms. The van der Waals surface area contributed by atoms with Gasteiger partial charge in [0.05, 0.1) is 0 Å². The SMILES string of the molecule is O=C1OCN(C(=O)OCC2c3ccccc3-c3ccccc32)C1Cc1cccc(Cl)c1. The van der Waals surface area contributed by atoms with Crippen LogP contribution in [0.2, 0.25) is 5.02 Å². The number of ether oxygens (including phenoxy) is 2. The van der Waals surface area contributed by atoms with Crippen LogP contribution in [0.25, 0.3) is 11.1 Å². The van der Waals surface area contributed by atoms with Crippen molar-refractivity contribution >= 4 is 23.7 Å². The zero-order valence-corrected chi connectivity index (χ0v) is 17.4. The average Bonchev–Trinajstić information content (AvgIpc) is 3.30. The lowest BCUT2D eigenvalue weighted by Gasteiger charge is -2.21. The van der Waals surface area contributed by atoms with Gasteiger partial charge in [-0.2, -0.15) is 0 Å². The minimum Gasteiger partial charge on any atom is -0.448 e. The van der Waals surface area contributed by atoms with Crippen LogP contribution in [-0.4, -0.2) is 36.3 Å². The predicted molar refractivity (Wildman–Crippen MR) is 117 cm³/mol. The maximum atomic E-state index is 12.9. The van der Waals surface area contributed by atoms with Gasteiger partial charge in [0.15, 0.2) is 6.73 Å². The Morgan fingerprint density at radius 2 is 1.68 bits per heavy atom. The van der Waals surface area contributed by atoms with Crippen molar-refractivity contribution in [3.8, 4) is 11.1 Å². The van der Waals surface area contributed by atoms with Crippen LogP contribution < -0.4 is 0 Å². The first kappa shape index (κ1) is 19.6. The van der Waals surface area contributed by atoms with Crippen LogP contribution in [0, 0.1) is 0 Å². The molecular formula is C25H20ClNO4. The Bertz CT molecular complexity index is 1120. The summed E-state index contributed by atoms with van der Waals surface area (Å²) in [5.41, 5.74) is 5.46. The summed E-state index contributed by atoms with van der Waals surface area (Å²) >= 11 is 6.05. The van der Waals surface area contributed by atoms with Gasteiger partial charge >= 0.3 is 12.1 Å². The normalized spacial score (nSPS) is 17.3. The van der Waals surface area contributed by atoms with Gasteiger partial charge in [0.1, 0.15) is 12.6 Å². The Morgan fingerprint density at radius 1 is 1.00 bits per heavy atom. The number of carbonyl (C=O) groups is 2. The van der Waals surface area contributed by atoms with Crippen LogP contribution in [0.5, 0.6) is 0 Å². The summed E-state index contributed by atoms with van der Waals surface area (Å²) < 4.78 is 10.8. The molecule has 0 radical (unpaired) electrons. The molecule has 1 saturated heterocycles. The van der Waals surface area contributed by atoms with E-state index in [9.17, 15) is 9.59 Å². The molecular weight excluding hydrogens is 414 g/mol. The van der Waals surface area contributed by atoms with Gasteiger partial charge in [-0.25, -0.2) is 9.59 Å². The van der Waals surface area contributed by atoms with Crippen LogP contribution >= 0.6 is 11.6 Å². The van der Waals surface area contributed by atoms with Gasteiger partial charge < -0.3 is 9.47 Å². The largest absolute Gasteiger partial charge is 0.448 e. The smallest absolute Gasteiger partial charge is 0.413 e. The minimum atomic E-state index is -0.728. The zero-order valence-electron chi connectivity index (χ0n) is 16.7. The van der Waals surface area contributed by atoms with Gasteiger partial charge in [-0.15, -0.1) is 0 Å². The first-order valence-corrected chi connectivity index (χ1v) is 10.5. The molecule has 1 aliphatic carbocycles. The van der Waals surface area contributed by atoms with E-state index >= 15 is 0 Å². The molecule has 3 aromatic carbocycles. The monoisotopic (exact) mass is 433 g/mol. The van der Waals surface area contributed by atoms with E-state index in [4.69, 9.17) is 21.1 Å². The summed E-state index contributed by atoms with van der Waals surface area (Å²) in [5.74, 6) is -0.476. The highest BCUT2D eigenvalue weighted by molar-refractivity contribution is 6.30. The number of fused-ring (bicyclic) bond motifs is 3. The second kappa shape index (κ2) is 8.08. The third kappa shape index (κ3) is 3.66. The van der Waals surface area contributed by atoms with Crippen LogP contribution in [0.1, 0.15) is 22.6 Å². The molecule has 5 rings (SSSR count). The molecule has 0 N–H and O–H groups in total. The first-order chi connectivity index (χ1) is 15.1. The van der Waals surface area contributed by atoms with Gasteiger partial charge in [0, 0.05) is 17.4 Å². The van der Waals surface area contributed by atoms with Gasteiger partial charge in [-0.05, 0) is 39.9 Å². The lowest BCUT2D eigenvalue weighted by atomic mass is 9.98. The highest BCUT2D eigenvalue weighted by atomic mass is 35.5. The maximum Gasteiger partial charge on any atom is 0.413 e. The van der Waals surface area contributed by atoms with Crippen molar-refractivity contribution < 1.29 is 19.1 Å². The molecule has 5 nitrogen and oxygen atoms in total. The lowest BCUT2D eigenvalue weighted by Crippen LogP contribution is -2.40. The van der Waals surface area contributed by atoms with Crippen LogP contribution in [0.4, 0.5) is 4.79 Å². The molecule has 1 aliphatic heterocycles. The van der Waals surface area contributed by atoms with E-state index < -0.39 is 18.1 Å². The lowest BCUT2D eigenvalue weighted by molar-refractivity contribution is -0.139. The van der Waals surface area contributed by atoms with Gasteiger partial charge in [0.2, 0.25) is 0 Å². The number of nitrogens with zero attached hydrogens (tertiary/aromatic N) is 1. The second-order valence-corrected chi connectivity index (χ2v) is 8.15. The fourth-order valence-corrected chi connectivity index (χ4v) is 4.60. The Hall–Kier alpha value is -3.31. The fraction of sp³-hybridized carbons (Fsp3) is 0.200. The standard InChI is InChI=1S/C25H20ClNO4/c26-17-7-5-6-16(12-17)13-23-24(28)31-15-27(23)25(29)30-14-22-20-10-3-1-8-18(20)19-9-2-4-11-21(19)22/h1-12,22-23H,13-15H2. The van der Waals surface area contributed by atoms with Crippen molar-refractivity contribution in [2.24, 2.45) is 0 Å². The van der Waals surface area contributed by atoms with Crippen LogP contribution in [0.3, 0.4) is 0 Å². The van der Waals surface area contributed by atoms with Crippen molar-refractivity contribution in [3.63, 3.8) is 0 Å². The molecule has 1 heterocycles. The molecule has 1 fully saturated rings. The summed E-state index contributed by atoms with van der Waals surface area (Å²) in [7, 11) is 0. The van der Waals surface area contributed by atoms with Crippen molar-refractivity contribution in [1.82, 2.24) is 4.90 Å². The van der Waals surface area contributed by atoms with Crippen molar-refractivity contribution in [3.05, 3.63) is 94.5 Å². The third-order valence-electron chi connectivity index (χ3n) is 5.88. The Labute approximate surface area is 185 Å². The molecule has 0 aromatic heterocycles. The van der Waals surface area contributed by atoms with E-state index in [1.807, 2.05) is 36.4 Å². The van der Waals surface area contributed by atoms with E-state index in [-0.39, 0.29) is 19.3 Å². The van der Waals surface area contributed by atoms with E-state index in [0.717, 1.165) is 27.8 Å². The highest BCUT2D eigenvalue weighted by Crippen LogP contribution is 2.44. The summed E-state index contributed by atoms with van der Waals surface area (Å²) in [4.78, 5) is 26.5. The Balaban J connectivity index is 1.32. The van der Waals surface area contributed by atoms with E-state index in [1.54, 1.807) is 12.1 Å². The van der Waals surface area contributed by atoms with Gasteiger partial charge in [-0.3, -0.25) is 4.90 Å². The number of amides is 1. The third-order valence-corrected chi connectivity index (χ3v) is 6.12. The Morgan fingerprint density at radius 3 is 2.35 bits per heavy atom. The quantitative estimate of drug-likeness (QED) is 0.542. The topological polar surface area (TPSA) is 55.8 Å². The molecule has 1 unspecified atom stereocenters. The number of esters is 1. The molecule has 0 spiro atoms. The molecule has 1 amide bonds. The summed E-state index contributed by atoms with van der Waals surface area (Å²) in [6, 6.07) is 22.8. The van der Waals surface area contributed by atoms with E-state index in [2.05, 4.69) is 24.3 Å². The molecule has 0 saturated carbocycles. The van der Waals surface area contributed by atoms with Gasteiger partial charge in [-0.1, -0.05) is 72.3 Å². The molecule has 0 bridgehead atoms. The molecule has 6 heteroatoms. The van der Waals surface area contributed by atoms with Gasteiger partial charge in [0.25, 0.3) is 0 Å². The molecule has 156 valence electrons. The fourth-order valence-electron chi connectivity index (χ4n) is 4.38. The summed E-state index contributed by atoms with van der Waals surface area (Å²) in [6.45, 7) is 0.0855. The van der Waals surface area contributed by atoms with Crippen LogP contribution in [-0.2, 0) is 20.7 Å². The highest BCUT2D eigenvalue weighted by Gasteiger charge is 2.39. The summed E-state index contributed by atoms with van der Waals surface area (Å²) in [5, 5.41) is 0.580. The number of rotatable bonds is 4. The number of cyclic esters (lactones) is 1. The average molecular weight is 434 g/mol. The van der Waals surface area contributed by atoms with Crippen LogP contribution in [0.15, 0.2) is 72.8 Å². The van der Waals surface area contributed by atoms with E-state index in [0.29, 0.717) is 11.4 Å². The zero-order chi connectivity index (χ0) is 21.4. The number of benzene rings is 3. The van der Waals surface area contributed by atoms with E-state index in [1.165, 1.54) is 4.90 Å². The predicted octanol–water partition coefficient (Wildman–Crippen LogP) is 5.02. The molecule has 3 aromatic rings. The van der Waals surface area contributed by atoms with Crippen molar-refractivity contribution in [1.29, 1.82) is 0 Å². The summed E-state index contributed by atoms with van der Waals surface area (Å²) in [6.07, 6.45) is -0.233. The number of halogens is 1. The number of hydrogen-bond acceptors (Lipinski definition) is 4. The molecule has 2 aliphatic rings. The second-order valence-electron chi connectivity index (χ2n) is 7.72.